The zero-order chi connectivity index (χ0) is 13.5. The molecule has 0 aliphatic carbocycles. The van der Waals surface area contributed by atoms with E-state index in [9.17, 15) is 0 Å². The Hall–Kier alpha value is -1.06. The molecular formula is C15H26N2O. The minimum Gasteiger partial charge on any atom is -0.492 e. The lowest BCUT2D eigenvalue weighted by atomic mass is 10.1. The van der Waals surface area contributed by atoms with Crippen molar-refractivity contribution in [2.45, 2.75) is 33.4 Å². The maximum atomic E-state index is 5.72. The molecule has 1 aromatic carbocycles. The van der Waals surface area contributed by atoms with Crippen LogP contribution >= 0.6 is 0 Å². The molecule has 0 aliphatic heterocycles. The van der Waals surface area contributed by atoms with E-state index in [1.807, 2.05) is 24.3 Å². The fourth-order valence-corrected chi connectivity index (χ4v) is 1.74. The summed E-state index contributed by atoms with van der Waals surface area (Å²) in [4.78, 5) is 2.33. The Morgan fingerprint density at radius 2 is 1.78 bits per heavy atom. The highest BCUT2D eigenvalue weighted by Gasteiger charge is 2.12. The molecule has 102 valence electrons. The van der Waals surface area contributed by atoms with Gasteiger partial charge in [0.1, 0.15) is 12.4 Å². The maximum absolute atomic E-state index is 5.72. The van der Waals surface area contributed by atoms with Crippen molar-refractivity contribution in [3.8, 4) is 5.75 Å². The van der Waals surface area contributed by atoms with E-state index in [2.05, 4.69) is 32.7 Å². The molecule has 0 aliphatic rings. The topological polar surface area (TPSA) is 38.5 Å². The number of hydrogen-bond acceptors (Lipinski definition) is 3. The van der Waals surface area contributed by atoms with E-state index in [-0.39, 0.29) is 0 Å². The van der Waals surface area contributed by atoms with Crippen molar-refractivity contribution in [2.24, 2.45) is 11.7 Å². The third-order valence-corrected chi connectivity index (χ3v) is 3.53. The van der Waals surface area contributed by atoms with Crippen LogP contribution in [0.5, 0.6) is 5.75 Å². The normalized spacial score (nSPS) is 13.1. The number of ether oxygens (including phenoxy) is 1. The van der Waals surface area contributed by atoms with E-state index >= 15 is 0 Å². The van der Waals surface area contributed by atoms with E-state index in [0.717, 1.165) is 24.5 Å². The first-order valence-electron chi connectivity index (χ1n) is 6.66. The summed E-state index contributed by atoms with van der Waals surface area (Å²) in [6.07, 6.45) is 0. The highest BCUT2D eigenvalue weighted by molar-refractivity contribution is 5.27. The zero-order valence-corrected chi connectivity index (χ0v) is 12.0. The number of nitrogens with two attached hydrogens (primary N) is 1. The summed E-state index contributed by atoms with van der Waals surface area (Å²) in [5.74, 6) is 1.58. The van der Waals surface area contributed by atoms with Crippen molar-refractivity contribution in [2.75, 3.05) is 20.2 Å². The Balaban J connectivity index is 2.32. The zero-order valence-electron chi connectivity index (χ0n) is 12.0. The quantitative estimate of drug-likeness (QED) is 0.808. The summed E-state index contributed by atoms with van der Waals surface area (Å²) in [6.45, 7) is 8.98. The van der Waals surface area contributed by atoms with Gasteiger partial charge in [0, 0.05) is 19.1 Å². The summed E-state index contributed by atoms with van der Waals surface area (Å²) in [5.41, 5.74) is 6.69. The molecule has 0 amide bonds. The van der Waals surface area contributed by atoms with Gasteiger partial charge in [-0.05, 0) is 37.6 Å². The fourth-order valence-electron chi connectivity index (χ4n) is 1.74. The van der Waals surface area contributed by atoms with Crippen LogP contribution in [0.15, 0.2) is 24.3 Å². The Kier molecular flexibility index (Phi) is 6.16. The minimum atomic E-state index is 0.577. The molecule has 1 aromatic rings. The molecule has 3 nitrogen and oxygen atoms in total. The van der Waals surface area contributed by atoms with Crippen molar-refractivity contribution >= 4 is 0 Å². The number of hydrogen-bond donors (Lipinski definition) is 1. The fraction of sp³-hybridized carbons (Fsp3) is 0.600. The van der Waals surface area contributed by atoms with Gasteiger partial charge in [0.25, 0.3) is 0 Å². The largest absolute Gasteiger partial charge is 0.492 e. The second kappa shape index (κ2) is 7.39. The van der Waals surface area contributed by atoms with Crippen molar-refractivity contribution in [1.82, 2.24) is 4.90 Å². The van der Waals surface area contributed by atoms with Crippen LogP contribution in [0.25, 0.3) is 0 Å². The molecule has 0 spiro atoms. The molecule has 3 heteroatoms. The monoisotopic (exact) mass is 250 g/mol. The van der Waals surface area contributed by atoms with Crippen molar-refractivity contribution in [3.05, 3.63) is 29.8 Å². The van der Waals surface area contributed by atoms with Crippen LogP contribution in [0.2, 0.25) is 0 Å². The van der Waals surface area contributed by atoms with Crippen LogP contribution in [-0.2, 0) is 6.54 Å². The molecule has 2 N–H and O–H groups in total. The first kappa shape index (κ1) is 15.0. The first-order chi connectivity index (χ1) is 8.54. The summed E-state index contributed by atoms with van der Waals surface area (Å²) in [5, 5.41) is 0. The van der Waals surface area contributed by atoms with Crippen LogP contribution in [-0.4, -0.2) is 31.1 Å². The highest BCUT2D eigenvalue weighted by Crippen LogP contribution is 2.12. The van der Waals surface area contributed by atoms with Gasteiger partial charge in [-0.3, -0.25) is 0 Å². The first-order valence-corrected chi connectivity index (χ1v) is 6.66. The summed E-state index contributed by atoms with van der Waals surface area (Å²) in [6, 6.07) is 8.56. The van der Waals surface area contributed by atoms with Gasteiger partial charge in [-0.25, -0.2) is 0 Å². The van der Waals surface area contributed by atoms with E-state index in [1.54, 1.807) is 0 Å². The van der Waals surface area contributed by atoms with E-state index in [0.29, 0.717) is 18.5 Å². The lowest BCUT2D eigenvalue weighted by Gasteiger charge is -2.27. The van der Waals surface area contributed by atoms with Crippen LogP contribution in [0.3, 0.4) is 0 Å². The number of benzene rings is 1. The van der Waals surface area contributed by atoms with Gasteiger partial charge in [0.15, 0.2) is 0 Å². The van der Waals surface area contributed by atoms with Crippen LogP contribution in [0.4, 0.5) is 0 Å². The Labute approximate surface area is 111 Å². The third-order valence-electron chi connectivity index (χ3n) is 3.53. The van der Waals surface area contributed by atoms with Crippen LogP contribution in [0, 0.1) is 5.92 Å². The molecule has 0 saturated carbocycles. The average molecular weight is 250 g/mol. The van der Waals surface area contributed by atoms with E-state index in [1.165, 1.54) is 0 Å². The second-order valence-electron chi connectivity index (χ2n) is 5.16. The highest BCUT2D eigenvalue weighted by atomic mass is 16.5. The lowest BCUT2D eigenvalue weighted by Crippen LogP contribution is -2.36. The van der Waals surface area contributed by atoms with Gasteiger partial charge in [-0.2, -0.15) is 0 Å². The van der Waals surface area contributed by atoms with Gasteiger partial charge >= 0.3 is 0 Å². The second-order valence-corrected chi connectivity index (χ2v) is 5.16. The van der Waals surface area contributed by atoms with Crippen molar-refractivity contribution < 1.29 is 4.74 Å². The van der Waals surface area contributed by atoms with E-state index < -0.39 is 0 Å². The van der Waals surface area contributed by atoms with Crippen LogP contribution < -0.4 is 10.5 Å². The van der Waals surface area contributed by atoms with Gasteiger partial charge in [-0.1, -0.05) is 26.0 Å². The summed E-state index contributed by atoms with van der Waals surface area (Å²) >= 11 is 0. The number of nitrogens with zero attached hydrogens (tertiary/aromatic N) is 1. The van der Waals surface area contributed by atoms with Gasteiger partial charge in [0.05, 0.1) is 0 Å². The molecule has 0 heterocycles. The predicted octanol–water partition coefficient (Wildman–Crippen LogP) is 2.50. The molecule has 1 rings (SSSR count). The molecular weight excluding hydrogens is 224 g/mol. The Morgan fingerprint density at radius 1 is 1.17 bits per heavy atom. The molecule has 0 aromatic heterocycles. The van der Waals surface area contributed by atoms with Crippen molar-refractivity contribution in [1.29, 1.82) is 0 Å². The Morgan fingerprint density at radius 3 is 2.28 bits per heavy atom. The van der Waals surface area contributed by atoms with Gasteiger partial charge in [0.2, 0.25) is 0 Å². The van der Waals surface area contributed by atoms with Gasteiger partial charge in [-0.15, -0.1) is 0 Å². The minimum absolute atomic E-state index is 0.577. The molecule has 1 unspecified atom stereocenters. The summed E-state index contributed by atoms with van der Waals surface area (Å²) in [7, 11) is 2.14. The molecule has 1 atom stereocenters. The average Bonchev–Trinajstić information content (AvgIpc) is 2.38. The SMILES string of the molecule is CC(C)C(C)N(C)CCOc1ccc(CN)cc1. The lowest BCUT2D eigenvalue weighted by molar-refractivity contribution is 0.170. The predicted molar refractivity (Wildman–Crippen MR) is 76.8 cm³/mol. The number of likely N-dealkylation sites (N-methyl/N-ethyl adjacent to an activating group) is 1. The molecule has 0 bridgehead atoms. The van der Waals surface area contributed by atoms with Crippen LogP contribution in [0.1, 0.15) is 26.3 Å². The van der Waals surface area contributed by atoms with E-state index in [4.69, 9.17) is 10.5 Å². The summed E-state index contributed by atoms with van der Waals surface area (Å²) < 4.78 is 5.72. The standard InChI is InChI=1S/C15H26N2O/c1-12(2)13(3)17(4)9-10-18-15-7-5-14(11-16)6-8-15/h5-8,12-13H,9-11,16H2,1-4H3. The molecule has 0 fully saturated rings. The molecule has 0 saturated heterocycles. The molecule has 18 heavy (non-hydrogen) atoms. The smallest absolute Gasteiger partial charge is 0.119 e. The third kappa shape index (κ3) is 4.67. The molecule has 0 radical (unpaired) electrons. The number of rotatable bonds is 7. The maximum Gasteiger partial charge on any atom is 0.119 e. The van der Waals surface area contributed by atoms with Crippen molar-refractivity contribution in [3.63, 3.8) is 0 Å². The van der Waals surface area contributed by atoms with Gasteiger partial charge < -0.3 is 15.4 Å². The Bertz CT molecular complexity index is 335.